The highest BCUT2D eigenvalue weighted by atomic mass is 16.2. The summed E-state index contributed by atoms with van der Waals surface area (Å²) in [7, 11) is 0. The third kappa shape index (κ3) is 1.77. The van der Waals surface area contributed by atoms with Crippen LogP contribution in [0, 0.1) is 6.92 Å². The molecule has 3 nitrogen and oxygen atoms in total. The Hall–Kier alpha value is -1.64. The molecule has 1 amide bonds. The summed E-state index contributed by atoms with van der Waals surface area (Å²) in [4.78, 5) is 24.2. The average Bonchev–Trinajstić information content (AvgIpc) is 2.41. The van der Waals surface area contributed by atoms with E-state index in [-0.39, 0.29) is 18.2 Å². The summed E-state index contributed by atoms with van der Waals surface area (Å²) in [5.41, 5.74) is 3.06. The highest BCUT2D eigenvalue weighted by Crippen LogP contribution is 2.29. The van der Waals surface area contributed by atoms with Crippen LogP contribution in [0.2, 0.25) is 0 Å². The van der Waals surface area contributed by atoms with Gasteiger partial charge < -0.3 is 4.90 Å². The van der Waals surface area contributed by atoms with Crippen LogP contribution in [0.5, 0.6) is 0 Å². The third-order valence-corrected chi connectivity index (χ3v) is 2.55. The van der Waals surface area contributed by atoms with Crippen molar-refractivity contribution in [3.63, 3.8) is 0 Å². The van der Waals surface area contributed by atoms with Crippen LogP contribution in [0.3, 0.4) is 0 Å². The molecule has 78 valence electrons. The van der Waals surface area contributed by atoms with Crippen LogP contribution >= 0.6 is 0 Å². The number of nitrogens with zero attached hydrogens (tertiary/aromatic N) is 1. The molecule has 1 heterocycles. The monoisotopic (exact) mass is 203 g/mol. The lowest BCUT2D eigenvalue weighted by atomic mass is 10.1. The van der Waals surface area contributed by atoms with Gasteiger partial charge in [0.25, 0.3) is 0 Å². The van der Waals surface area contributed by atoms with E-state index in [2.05, 4.69) is 0 Å². The van der Waals surface area contributed by atoms with Crippen molar-refractivity contribution in [2.75, 3.05) is 11.4 Å². The number of amides is 1. The largest absolute Gasteiger partial charge is 0.304 e. The van der Waals surface area contributed by atoms with Gasteiger partial charge in [0.1, 0.15) is 5.78 Å². The molecule has 0 aromatic heterocycles. The van der Waals surface area contributed by atoms with Crippen LogP contribution in [0.4, 0.5) is 5.69 Å². The van der Waals surface area contributed by atoms with Crippen LogP contribution in [-0.2, 0) is 16.0 Å². The van der Waals surface area contributed by atoms with Crippen molar-refractivity contribution in [3.8, 4) is 0 Å². The molecule has 0 unspecified atom stereocenters. The molecule has 0 saturated carbocycles. The van der Waals surface area contributed by atoms with Crippen molar-refractivity contribution in [3.05, 3.63) is 29.3 Å². The second-order valence-electron chi connectivity index (χ2n) is 3.99. The van der Waals surface area contributed by atoms with Crippen molar-refractivity contribution < 1.29 is 9.59 Å². The van der Waals surface area contributed by atoms with Crippen LogP contribution in [-0.4, -0.2) is 18.2 Å². The number of ketones is 1. The number of benzene rings is 1. The van der Waals surface area contributed by atoms with Crippen molar-refractivity contribution in [2.24, 2.45) is 0 Å². The minimum atomic E-state index is 0.0109. The number of hydrogen-bond acceptors (Lipinski definition) is 2. The molecule has 15 heavy (non-hydrogen) atoms. The Balaban J connectivity index is 2.37. The summed E-state index contributed by atoms with van der Waals surface area (Å²) in [6.07, 6.45) is 0.421. The summed E-state index contributed by atoms with van der Waals surface area (Å²) in [6.45, 7) is 3.69. The molecule has 1 aromatic carbocycles. The second kappa shape index (κ2) is 3.50. The topological polar surface area (TPSA) is 37.4 Å². The maximum atomic E-state index is 11.7. The van der Waals surface area contributed by atoms with Gasteiger partial charge in [-0.2, -0.15) is 0 Å². The van der Waals surface area contributed by atoms with Gasteiger partial charge in [0.05, 0.1) is 13.0 Å². The maximum absolute atomic E-state index is 11.7. The smallest absolute Gasteiger partial charge is 0.231 e. The molecule has 0 aliphatic carbocycles. The summed E-state index contributed by atoms with van der Waals surface area (Å²) >= 11 is 0. The Morgan fingerprint density at radius 1 is 1.47 bits per heavy atom. The molecular formula is C12H13NO2. The quantitative estimate of drug-likeness (QED) is 0.730. The highest BCUT2D eigenvalue weighted by molar-refractivity contribution is 6.05. The van der Waals surface area contributed by atoms with Gasteiger partial charge in [-0.05, 0) is 25.5 Å². The number of rotatable bonds is 2. The first-order valence-electron chi connectivity index (χ1n) is 4.97. The molecule has 0 atom stereocenters. The Morgan fingerprint density at radius 3 is 2.87 bits per heavy atom. The van der Waals surface area contributed by atoms with E-state index in [0.717, 1.165) is 16.8 Å². The van der Waals surface area contributed by atoms with Gasteiger partial charge in [0.2, 0.25) is 5.91 Å². The average molecular weight is 203 g/mol. The van der Waals surface area contributed by atoms with Gasteiger partial charge in [0.15, 0.2) is 0 Å². The fourth-order valence-corrected chi connectivity index (χ4v) is 1.91. The fourth-order valence-electron chi connectivity index (χ4n) is 1.91. The van der Waals surface area contributed by atoms with E-state index in [9.17, 15) is 9.59 Å². The molecule has 3 heteroatoms. The molecule has 1 aliphatic heterocycles. The van der Waals surface area contributed by atoms with Crippen molar-refractivity contribution in [1.29, 1.82) is 0 Å². The summed E-state index contributed by atoms with van der Waals surface area (Å²) in [5, 5.41) is 0. The van der Waals surface area contributed by atoms with E-state index in [0.29, 0.717) is 6.42 Å². The lowest BCUT2D eigenvalue weighted by molar-refractivity contribution is -0.121. The van der Waals surface area contributed by atoms with Gasteiger partial charge >= 0.3 is 0 Å². The number of Topliss-reactive ketones (excluding diaryl/α,β-unsaturated/α-hetero) is 1. The third-order valence-electron chi connectivity index (χ3n) is 2.55. The van der Waals surface area contributed by atoms with E-state index in [1.165, 1.54) is 6.92 Å². The van der Waals surface area contributed by atoms with Crippen LogP contribution in [0.1, 0.15) is 18.1 Å². The standard InChI is InChI=1S/C12H13NO2/c1-8-3-4-11-10(5-8)6-12(15)13(11)7-9(2)14/h3-5H,6-7H2,1-2H3. The number of hydrogen-bond donors (Lipinski definition) is 0. The highest BCUT2D eigenvalue weighted by Gasteiger charge is 2.27. The zero-order chi connectivity index (χ0) is 11.0. The normalized spacial score (nSPS) is 14.3. The molecule has 0 N–H and O–H groups in total. The minimum absolute atomic E-state index is 0.0109. The predicted octanol–water partition coefficient (Wildman–Crippen LogP) is 1.47. The summed E-state index contributed by atoms with van der Waals surface area (Å²) in [5.74, 6) is 0.0302. The molecular weight excluding hydrogens is 190 g/mol. The predicted molar refractivity (Wildman–Crippen MR) is 57.9 cm³/mol. The first-order valence-corrected chi connectivity index (χ1v) is 4.97. The van der Waals surface area contributed by atoms with Gasteiger partial charge in [0, 0.05) is 5.69 Å². The van der Waals surface area contributed by atoms with Gasteiger partial charge in [-0.1, -0.05) is 17.7 Å². The van der Waals surface area contributed by atoms with Gasteiger partial charge in [-0.15, -0.1) is 0 Å². The molecule has 1 aromatic rings. The fraction of sp³-hybridized carbons (Fsp3) is 0.333. The first kappa shape index (κ1) is 9.90. The molecule has 0 radical (unpaired) electrons. The molecule has 1 aliphatic rings. The summed E-state index contributed by atoms with van der Waals surface area (Å²) in [6, 6.07) is 5.89. The van der Waals surface area contributed by atoms with E-state index in [4.69, 9.17) is 0 Å². The van der Waals surface area contributed by atoms with Crippen LogP contribution in [0.15, 0.2) is 18.2 Å². The lowest BCUT2D eigenvalue weighted by Crippen LogP contribution is -2.31. The summed E-state index contributed by atoms with van der Waals surface area (Å²) < 4.78 is 0. The molecule has 0 fully saturated rings. The second-order valence-corrected chi connectivity index (χ2v) is 3.99. The molecule has 0 bridgehead atoms. The van der Waals surface area contributed by atoms with E-state index < -0.39 is 0 Å². The van der Waals surface area contributed by atoms with Gasteiger partial charge in [-0.25, -0.2) is 0 Å². The van der Waals surface area contributed by atoms with Crippen LogP contribution < -0.4 is 4.90 Å². The molecule has 0 spiro atoms. The van der Waals surface area contributed by atoms with Crippen molar-refractivity contribution in [2.45, 2.75) is 20.3 Å². The van der Waals surface area contributed by atoms with E-state index in [1.807, 2.05) is 25.1 Å². The Kier molecular flexibility index (Phi) is 2.31. The zero-order valence-corrected chi connectivity index (χ0v) is 8.91. The number of fused-ring (bicyclic) bond motifs is 1. The number of carbonyl (C=O) groups excluding carboxylic acids is 2. The number of aryl methyl sites for hydroxylation is 1. The minimum Gasteiger partial charge on any atom is -0.304 e. The lowest BCUT2D eigenvalue weighted by Gasteiger charge is -2.15. The molecule has 0 saturated heterocycles. The Bertz CT molecular complexity index is 437. The first-order chi connectivity index (χ1) is 7.08. The van der Waals surface area contributed by atoms with E-state index in [1.54, 1.807) is 4.90 Å². The van der Waals surface area contributed by atoms with Gasteiger partial charge in [-0.3, -0.25) is 9.59 Å². The Morgan fingerprint density at radius 2 is 2.20 bits per heavy atom. The number of carbonyl (C=O) groups is 2. The van der Waals surface area contributed by atoms with Crippen molar-refractivity contribution in [1.82, 2.24) is 0 Å². The number of anilines is 1. The SMILES string of the molecule is CC(=O)CN1C(=O)Cc2cc(C)ccc21. The Labute approximate surface area is 88.7 Å². The molecule has 2 rings (SSSR count). The maximum Gasteiger partial charge on any atom is 0.231 e. The zero-order valence-electron chi connectivity index (χ0n) is 8.91. The van der Waals surface area contributed by atoms with Crippen molar-refractivity contribution >= 4 is 17.4 Å². The van der Waals surface area contributed by atoms with Crippen LogP contribution in [0.25, 0.3) is 0 Å². The van der Waals surface area contributed by atoms with E-state index >= 15 is 0 Å².